The second-order valence-corrected chi connectivity index (χ2v) is 9.75. The van der Waals surface area contributed by atoms with E-state index in [0.717, 1.165) is 40.8 Å². The Morgan fingerprint density at radius 2 is 1.92 bits per heavy atom. The molecular formula is C28H36N4O6. The Bertz CT molecular complexity index is 1250. The SMILES string of the molecule is CCc1cc(-c2noc(-c3cc(OC)nc(C4CCCC4)c3)n2)cc(C)c1OCC(O)CNC(=O)C(C)O. The lowest BCUT2D eigenvalue weighted by Crippen LogP contribution is -2.39. The highest BCUT2D eigenvalue weighted by Gasteiger charge is 2.22. The van der Waals surface area contributed by atoms with Gasteiger partial charge in [-0.3, -0.25) is 4.79 Å². The van der Waals surface area contributed by atoms with Crippen LogP contribution in [0.2, 0.25) is 0 Å². The average molecular weight is 525 g/mol. The molecule has 38 heavy (non-hydrogen) atoms. The molecule has 3 aromatic rings. The van der Waals surface area contributed by atoms with Crippen molar-refractivity contribution in [1.29, 1.82) is 0 Å². The summed E-state index contributed by atoms with van der Waals surface area (Å²) in [7, 11) is 1.60. The third-order valence-electron chi connectivity index (χ3n) is 6.78. The fourth-order valence-electron chi connectivity index (χ4n) is 4.69. The average Bonchev–Trinajstić information content (AvgIpc) is 3.63. The molecule has 1 fully saturated rings. The van der Waals surface area contributed by atoms with Gasteiger partial charge in [0.2, 0.25) is 17.6 Å². The number of pyridine rings is 1. The van der Waals surface area contributed by atoms with Crippen molar-refractivity contribution in [3.8, 4) is 34.5 Å². The predicted octanol–water partition coefficient (Wildman–Crippen LogP) is 3.57. The van der Waals surface area contributed by atoms with Crippen LogP contribution in [0.15, 0.2) is 28.8 Å². The minimum Gasteiger partial charge on any atom is -0.490 e. The molecule has 1 aromatic carbocycles. The van der Waals surface area contributed by atoms with Crippen LogP contribution in [0.3, 0.4) is 0 Å². The number of nitrogens with zero attached hydrogens (tertiary/aromatic N) is 3. The summed E-state index contributed by atoms with van der Waals surface area (Å²) in [6, 6.07) is 7.70. The molecule has 3 N–H and O–H groups in total. The van der Waals surface area contributed by atoms with Gasteiger partial charge in [0.15, 0.2) is 0 Å². The van der Waals surface area contributed by atoms with Crippen LogP contribution < -0.4 is 14.8 Å². The highest BCUT2D eigenvalue weighted by atomic mass is 16.5. The largest absolute Gasteiger partial charge is 0.490 e. The third kappa shape index (κ3) is 6.49. The highest BCUT2D eigenvalue weighted by molar-refractivity contribution is 5.79. The molecule has 10 heteroatoms. The molecule has 10 nitrogen and oxygen atoms in total. The van der Waals surface area contributed by atoms with E-state index < -0.39 is 18.1 Å². The molecule has 0 radical (unpaired) electrons. The number of amides is 1. The summed E-state index contributed by atoms with van der Waals surface area (Å²) >= 11 is 0. The fraction of sp³-hybridized carbons (Fsp3) is 0.500. The lowest BCUT2D eigenvalue weighted by atomic mass is 10.0. The first-order valence-electron chi connectivity index (χ1n) is 13.1. The number of aliphatic hydroxyl groups is 2. The van der Waals surface area contributed by atoms with Crippen LogP contribution in [0.1, 0.15) is 62.3 Å². The van der Waals surface area contributed by atoms with Gasteiger partial charge < -0.3 is 29.5 Å². The van der Waals surface area contributed by atoms with E-state index in [1.54, 1.807) is 7.11 Å². The lowest BCUT2D eigenvalue weighted by molar-refractivity contribution is -0.129. The number of carbonyl (C=O) groups is 1. The summed E-state index contributed by atoms with van der Waals surface area (Å²) in [5, 5.41) is 26.2. The van der Waals surface area contributed by atoms with E-state index in [1.807, 2.05) is 38.1 Å². The van der Waals surface area contributed by atoms with Gasteiger partial charge in [-0.2, -0.15) is 4.98 Å². The Morgan fingerprint density at radius 1 is 1.16 bits per heavy atom. The van der Waals surface area contributed by atoms with Gasteiger partial charge in [-0.05, 0) is 62.4 Å². The number of aliphatic hydroxyl groups excluding tert-OH is 2. The number of methoxy groups -OCH3 is 1. The van der Waals surface area contributed by atoms with E-state index in [-0.39, 0.29) is 13.2 Å². The number of hydrogen-bond acceptors (Lipinski definition) is 9. The number of benzene rings is 1. The molecule has 1 amide bonds. The molecule has 2 heterocycles. The third-order valence-corrected chi connectivity index (χ3v) is 6.78. The maximum atomic E-state index is 11.5. The van der Waals surface area contributed by atoms with Crippen molar-refractivity contribution >= 4 is 5.91 Å². The van der Waals surface area contributed by atoms with Crippen LogP contribution in [0.25, 0.3) is 22.8 Å². The van der Waals surface area contributed by atoms with Crippen LogP contribution in [0, 0.1) is 6.92 Å². The molecule has 1 aliphatic carbocycles. The van der Waals surface area contributed by atoms with Gasteiger partial charge in [0, 0.05) is 35.3 Å². The van der Waals surface area contributed by atoms with E-state index in [9.17, 15) is 15.0 Å². The Morgan fingerprint density at radius 3 is 2.61 bits per heavy atom. The quantitative estimate of drug-likeness (QED) is 0.343. The number of carbonyl (C=O) groups excluding carboxylic acids is 1. The van der Waals surface area contributed by atoms with Gasteiger partial charge in [-0.25, -0.2) is 4.98 Å². The van der Waals surface area contributed by atoms with Crippen LogP contribution in [-0.4, -0.2) is 63.7 Å². The van der Waals surface area contributed by atoms with E-state index in [1.165, 1.54) is 19.8 Å². The highest BCUT2D eigenvalue weighted by Crippen LogP contribution is 2.36. The zero-order valence-electron chi connectivity index (χ0n) is 22.4. The van der Waals surface area contributed by atoms with Gasteiger partial charge in [0.25, 0.3) is 5.89 Å². The normalized spacial score (nSPS) is 15.3. The second kappa shape index (κ2) is 12.4. The Kier molecular flexibility index (Phi) is 8.96. The van der Waals surface area contributed by atoms with Crippen LogP contribution >= 0.6 is 0 Å². The zero-order valence-corrected chi connectivity index (χ0v) is 22.4. The monoisotopic (exact) mass is 524 g/mol. The number of nitrogens with one attached hydrogen (secondary N) is 1. The minimum absolute atomic E-state index is 0.00711. The topological polar surface area (TPSA) is 140 Å². The first-order valence-corrected chi connectivity index (χ1v) is 13.1. The molecule has 0 spiro atoms. The van der Waals surface area contributed by atoms with Crippen molar-refractivity contribution < 1.29 is 29.0 Å². The standard InChI is InChI=1S/C28H36N4O6/c1-5-18-11-20(10-16(2)25(18)37-15-22(34)14-29-27(35)17(3)33)26-31-28(38-32-26)21-12-23(19-8-6-7-9-19)30-24(13-21)36-4/h10-13,17,19,22,33-34H,5-9,14-15H2,1-4H3,(H,29,35). The predicted molar refractivity (Wildman–Crippen MR) is 141 cm³/mol. The first-order chi connectivity index (χ1) is 18.3. The summed E-state index contributed by atoms with van der Waals surface area (Å²) in [5.41, 5.74) is 4.36. The molecule has 0 bridgehead atoms. The second-order valence-electron chi connectivity index (χ2n) is 9.75. The summed E-state index contributed by atoms with van der Waals surface area (Å²) < 4.78 is 17.0. The first kappa shape index (κ1) is 27.5. The number of rotatable bonds is 11. The van der Waals surface area contributed by atoms with E-state index >= 15 is 0 Å². The molecule has 204 valence electrons. The van der Waals surface area contributed by atoms with E-state index in [4.69, 9.17) is 14.0 Å². The number of hydrogen-bond donors (Lipinski definition) is 3. The molecular weight excluding hydrogens is 488 g/mol. The molecule has 2 atom stereocenters. The molecule has 4 rings (SSSR count). The van der Waals surface area contributed by atoms with Gasteiger partial charge >= 0.3 is 0 Å². The van der Waals surface area contributed by atoms with Gasteiger partial charge in [0.1, 0.15) is 24.6 Å². The van der Waals surface area contributed by atoms with Crippen molar-refractivity contribution in [1.82, 2.24) is 20.4 Å². The fourth-order valence-corrected chi connectivity index (χ4v) is 4.69. The maximum Gasteiger partial charge on any atom is 0.258 e. The minimum atomic E-state index is -1.13. The van der Waals surface area contributed by atoms with E-state index in [0.29, 0.717) is 35.7 Å². The number of aryl methyl sites for hydroxylation is 2. The summed E-state index contributed by atoms with van der Waals surface area (Å²) in [6.45, 7) is 5.27. The molecule has 0 saturated heterocycles. The molecule has 2 unspecified atom stereocenters. The van der Waals surface area contributed by atoms with Gasteiger partial charge in [-0.1, -0.05) is 24.9 Å². The molecule has 2 aromatic heterocycles. The van der Waals surface area contributed by atoms with E-state index in [2.05, 4.69) is 20.4 Å². The smallest absolute Gasteiger partial charge is 0.258 e. The number of aromatic nitrogens is 3. The molecule has 1 aliphatic rings. The van der Waals surface area contributed by atoms with Crippen molar-refractivity contribution in [3.63, 3.8) is 0 Å². The number of ether oxygens (including phenoxy) is 2. The van der Waals surface area contributed by atoms with Gasteiger partial charge in [0.05, 0.1) is 7.11 Å². The van der Waals surface area contributed by atoms with Crippen molar-refractivity contribution in [2.75, 3.05) is 20.3 Å². The summed E-state index contributed by atoms with van der Waals surface area (Å²) in [4.78, 5) is 20.8. The summed E-state index contributed by atoms with van der Waals surface area (Å²) in [6.07, 6.45) is 3.29. The van der Waals surface area contributed by atoms with Crippen molar-refractivity contribution in [2.24, 2.45) is 0 Å². The van der Waals surface area contributed by atoms with Gasteiger partial charge in [-0.15, -0.1) is 0 Å². The lowest BCUT2D eigenvalue weighted by Gasteiger charge is -2.18. The van der Waals surface area contributed by atoms with Crippen LogP contribution in [0.5, 0.6) is 11.6 Å². The maximum absolute atomic E-state index is 11.5. The molecule has 0 aliphatic heterocycles. The van der Waals surface area contributed by atoms with Crippen LogP contribution in [-0.2, 0) is 11.2 Å². The molecule has 1 saturated carbocycles. The zero-order chi connectivity index (χ0) is 27.2. The van der Waals surface area contributed by atoms with Crippen molar-refractivity contribution in [3.05, 3.63) is 41.1 Å². The Hall–Kier alpha value is -3.50. The summed E-state index contributed by atoms with van der Waals surface area (Å²) in [5.74, 6) is 1.94. The Labute approximate surface area is 222 Å². The van der Waals surface area contributed by atoms with Crippen molar-refractivity contribution in [2.45, 2.75) is 71.0 Å². The van der Waals surface area contributed by atoms with Crippen LogP contribution in [0.4, 0.5) is 0 Å². The Balaban J connectivity index is 1.51.